The fraction of sp³-hybridized carbons (Fsp3) is 0.417. The van der Waals surface area contributed by atoms with Gasteiger partial charge in [-0.05, 0) is 6.07 Å². The summed E-state index contributed by atoms with van der Waals surface area (Å²) in [6, 6.07) is 2.73. The first kappa shape index (κ1) is 14.9. The van der Waals surface area contributed by atoms with Crippen LogP contribution < -0.4 is 10.9 Å². The maximum absolute atomic E-state index is 11.8. The topological polar surface area (TPSA) is 97.6 Å². The average Bonchev–Trinajstić information content (AvgIpc) is 2.36. The summed E-state index contributed by atoms with van der Waals surface area (Å²) in [5.74, 6) is -1.44. The number of rotatable bonds is 6. The molecule has 0 radical (unpaired) electrons. The number of nitrogens with zero attached hydrogens (tertiary/aromatic N) is 1. The number of aromatic nitrogens is 1. The first-order valence-electron chi connectivity index (χ1n) is 5.63. The molecule has 104 valence electrons. The molecule has 1 heterocycles. The highest BCUT2D eigenvalue weighted by atomic mass is 16.5. The van der Waals surface area contributed by atoms with Gasteiger partial charge >= 0.3 is 5.97 Å². The standard InChI is InChI=1S/C12H16N2O5/c1-14-4-3-8(5-10(14)15)12(18)13-7-9(19-2)6-11(16)17/h3-5,9H,6-7H2,1-2H3,(H,13,18)(H,16,17). The Kier molecular flexibility index (Phi) is 5.25. The Morgan fingerprint density at radius 1 is 1.53 bits per heavy atom. The van der Waals surface area contributed by atoms with Crippen molar-refractivity contribution in [3.63, 3.8) is 0 Å². The Balaban J connectivity index is 2.61. The van der Waals surface area contributed by atoms with Gasteiger partial charge in [-0.15, -0.1) is 0 Å². The van der Waals surface area contributed by atoms with Gasteiger partial charge in [0, 0.05) is 38.5 Å². The summed E-state index contributed by atoms with van der Waals surface area (Å²) in [6.45, 7) is 0.0663. The number of hydrogen-bond acceptors (Lipinski definition) is 4. The predicted molar refractivity (Wildman–Crippen MR) is 67.1 cm³/mol. The molecule has 1 rings (SSSR count). The van der Waals surface area contributed by atoms with E-state index in [0.29, 0.717) is 0 Å². The van der Waals surface area contributed by atoms with E-state index in [1.807, 2.05) is 0 Å². The molecule has 0 bridgehead atoms. The maximum atomic E-state index is 11.8. The summed E-state index contributed by atoms with van der Waals surface area (Å²) >= 11 is 0. The molecule has 1 aromatic rings. The molecule has 7 nitrogen and oxygen atoms in total. The van der Waals surface area contributed by atoms with Gasteiger partial charge in [-0.2, -0.15) is 0 Å². The monoisotopic (exact) mass is 268 g/mol. The van der Waals surface area contributed by atoms with E-state index in [2.05, 4.69) is 5.32 Å². The molecule has 1 atom stereocenters. The number of carboxylic acids is 1. The first-order chi connectivity index (χ1) is 8.93. The molecule has 0 aromatic carbocycles. The Labute approximate surface area is 109 Å². The minimum absolute atomic E-state index is 0.0663. The summed E-state index contributed by atoms with van der Waals surface area (Å²) < 4.78 is 6.28. The molecule has 0 spiro atoms. The van der Waals surface area contributed by atoms with E-state index in [-0.39, 0.29) is 24.1 Å². The molecule has 0 aliphatic rings. The molecule has 1 aromatic heterocycles. The minimum Gasteiger partial charge on any atom is -0.481 e. The number of aliphatic carboxylic acids is 1. The van der Waals surface area contributed by atoms with Crippen LogP contribution in [-0.2, 0) is 16.6 Å². The van der Waals surface area contributed by atoms with Gasteiger partial charge in [-0.3, -0.25) is 14.4 Å². The Hall–Kier alpha value is -2.15. The highest BCUT2D eigenvalue weighted by Gasteiger charge is 2.14. The van der Waals surface area contributed by atoms with E-state index < -0.39 is 18.0 Å². The van der Waals surface area contributed by atoms with Gasteiger partial charge in [0.25, 0.3) is 11.5 Å². The van der Waals surface area contributed by atoms with Crippen LogP contribution in [0.1, 0.15) is 16.8 Å². The fourth-order valence-corrected chi connectivity index (χ4v) is 1.43. The van der Waals surface area contributed by atoms with Crippen molar-refractivity contribution >= 4 is 11.9 Å². The van der Waals surface area contributed by atoms with E-state index in [4.69, 9.17) is 9.84 Å². The van der Waals surface area contributed by atoms with Gasteiger partial charge in [-0.25, -0.2) is 0 Å². The fourth-order valence-electron chi connectivity index (χ4n) is 1.43. The number of carbonyl (C=O) groups excluding carboxylic acids is 1. The van der Waals surface area contributed by atoms with Gasteiger partial charge in [0.1, 0.15) is 0 Å². The van der Waals surface area contributed by atoms with Crippen molar-refractivity contribution in [2.45, 2.75) is 12.5 Å². The van der Waals surface area contributed by atoms with E-state index in [0.717, 1.165) is 0 Å². The van der Waals surface area contributed by atoms with E-state index in [1.54, 1.807) is 7.05 Å². The van der Waals surface area contributed by atoms with Gasteiger partial charge in [0.05, 0.1) is 12.5 Å². The molecule has 1 amide bonds. The van der Waals surface area contributed by atoms with Gasteiger partial charge < -0.3 is 19.7 Å². The van der Waals surface area contributed by atoms with E-state index >= 15 is 0 Å². The summed E-state index contributed by atoms with van der Waals surface area (Å²) in [6.07, 6.45) is 0.684. The predicted octanol–water partition coefficient (Wildman–Crippen LogP) is -0.395. The van der Waals surface area contributed by atoms with Crippen LogP contribution >= 0.6 is 0 Å². The van der Waals surface area contributed by atoms with Crippen LogP contribution in [0.15, 0.2) is 23.1 Å². The summed E-state index contributed by atoms with van der Waals surface area (Å²) in [5.41, 5.74) is -0.0604. The third kappa shape index (κ3) is 4.55. The maximum Gasteiger partial charge on any atom is 0.306 e. The van der Waals surface area contributed by atoms with Crippen molar-refractivity contribution in [1.29, 1.82) is 0 Å². The first-order valence-corrected chi connectivity index (χ1v) is 5.63. The molecule has 1 unspecified atom stereocenters. The number of carbonyl (C=O) groups is 2. The number of nitrogens with one attached hydrogen (secondary N) is 1. The second-order valence-electron chi connectivity index (χ2n) is 4.03. The molecular formula is C12H16N2O5. The van der Waals surface area contributed by atoms with Crippen LogP contribution in [0.5, 0.6) is 0 Å². The highest BCUT2D eigenvalue weighted by Crippen LogP contribution is 1.98. The number of pyridine rings is 1. The van der Waals surface area contributed by atoms with Crippen molar-refractivity contribution in [2.24, 2.45) is 7.05 Å². The van der Waals surface area contributed by atoms with Crippen LogP contribution in [0.2, 0.25) is 0 Å². The normalized spacial score (nSPS) is 11.9. The zero-order valence-electron chi connectivity index (χ0n) is 10.8. The SMILES string of the molecule is COC(CNC(=O)c1ccn(C)c(=O)c1)CC(=O)O. The van der Waals surface area contributed by atoms with Crippen LogP contribution in [0.4, 0.5) is 0 Å². The van der Waals surface area contributed by atoms with Crippen LogP contribution in [0.3, 0.4) is 0 Å². The third-order valence-corrected chi connectivity index (χ3v) is 2.59. The van der Waals surface area contributed by atoms with Crippen molar-refractivity contribution in [2.75, 3.05) is 13.7 Å². The largest absolute Gasteiger partial charge is 0.481 e. The molecular weight excluding hydrogens is 252 g/mol. The Bertz CT molecular complexity index is 523. The second-order valence-corrected chi connectivity index (χ2v) is 4.03. The third-order valence-electron chi connectivity index (χ3n) is 2.59. The van der Waals surface area contributed by atoms with E-state index in [9.17, 15) is 14.4 Å². The van der Waals surface area contributed by atoms with Crippen LogP contribution in [0, 0.1) is 0 Å². The van der Waals surface area contributed by atoms with Crippen molar-refractivity contribution in [1.82, 2.24) is 9.88 Å². The smallest absolute Gasteiger partial charge is 0.306 e. The molecule has 0 aliphatic carbocycles. The number of ether oxygens (including phenoxy) is 1. The molecule has 0 aliphatic heterocycles. The van der Waals surface area contributed by atoms with Crippen molar-refractivity contribution in [3.8, 4) is 0 Å². The number of amides is 1. The lowest BCUT2D eigenvalue weighted by atomic mass is 10.2. The highest BCUT2D eigenvalue weighted by molar-refractivity contribution is 5.94. The van der Waals surface area contributed by atoms with Crippen LogP contribution in [-0.4, -0.2) is 41.3 Å². The second kappa shape index (κ2) is 6.69. The van der Waals surface area contributed by atoms with Gasteiger partial charge in [0.2, 0.25) is 0 Å². The molecule has 19 heavy (non-hydrogen) atoms. The zero-order chi connectivity index (χ0) is 14.4. The average molecular weight is 268 g/mol. The van der Waals surface area contributed by atoms with E-state index in [1.165, 1.54) is 30.0 Å². The van der Waals surface area contributed by atoms with Crippen LogP contribution in [0.25, 0.3) is 0 Å². The molecule has 0 fully saturated rings. The van der Waals surface area contributed by atoms with Crippen molar-refractivity contribution < 1.29 is 19.4 Å². The quantitative estimate of drug-likeness (QED) is 0.732. The lowest BCUT2D eigenvalue weighted by molar-refractivity contribution is -0.139. The minimum atomic E-state index is -1.00. The number of aryl methyl sites for hydroxylation is 1. The Morgan fingerprint density at radius 2 is 2.21 bits per heavy atom. The summed E-state index contributed by atoms with van der Waals surface area (Å²) in [5, 5.41) is 11.2. The molecule has 7 heteroatoms. The number of hydrogen-bond donors (Lipinski definition) is 2. The zero-order valence-corrected chi connectivity index (χ0v) is 10.8. The number of methoxy groups -OCH3 is 1. The summed E-state index contributed by atoms with van der Waals surface area (Å²) in [7, 11) is 2.95. The summed E-state index contributed by atoms with van der Waals surface area (Å²) in [4.78, 5) is 33.6. The molecule has 2 N–H and O–H groups in total. The Morgan fingerprint density at radius 3 is 2.74 bits per heavy atom. The lowest BCUT2D eigenvalue weighted by Crippen LogP contribution is -2.35. The van der Waals surface area contributed by atoms with Gasteiger partial charge in [-0.1, -0.05) is 0 Å². The molecule has 0 saturated carbocycles. The lowest BCUT2D eigenvalue weighted by Gasteiger charge is -2.13. The van der Waals surface area contributed by atoms with Crippen molar-refractivity contribution in [3.05, 3.63) is 34.2 Å². The number of carboxylic acid groups (broad SMARTS) is 1. The van der Waals surface area contributed by atoms with Gasteiger partial charge in [0.15, 0.2) is 0 Å². The molecule has 0 saturated heterocycles.